The van der Waals surface area contributed by atoms with Crippen molar-refractivity contribution in [3.63, 3.8) is 0 Å². The molecule has 0 spiro atoms. The van der Waals surface area contributed by atoms with Crippen molar-refractivity contribution >= 4 is 5.69 Å². The van der Waals surface area contributed by atoms with Gasteiger partial charge >= 0.3 is 0 Å². The van der Waals surface area contributed by atoms with Gasteiger partial charge in [-0.05, 0) is 18.6 Å². The molecule has 0 saturated carbocycles. The van der Waals surface area contributed by atoms with Crippen molar-refractivity contribution < 1.29 is 14.6 Å². The van der Waals surface area contributed by atoms with Crippen LogP contribution in [-0.2, 0) is 11.2 Å². The second kappa shape index (κ2) is 5.72. The van der Waals surface area contributed by atoms with Crippen molar-refractivity contribution in [3.8, 4) is 5.75 Å². The van der Waals surface area contributed by atoms with E-state index in [-0.39, 0.29) is 6.61 Å². The van der Waals surface area contributed by atoms with Crippen molar-refractivity contribution in [2.45, 2.75) is 6.42 Å². The number of nitrogens with one attached hydrogen (secondary N) is 1. The Bertz CT molecular complexity index is 341. The molecule has 0 saturated heterocycles. The predicted octanol–water partition coefficient (Wildman–Crippen LogP) is 1.04. The fraction of sp³-hybridized carbons (Fsp3) is 0.500. The molecular weight excluding hydrogens is 206 g/mol. The smallest absolute Gasteiger partial charge is 0.124 e. The summed E-state index contributed by atoms with van der Waals surface area (Å²) in [5.41, 5.74) is 2.43. The molecule has 1 aromatic rings. The first kappa shape index (κ1) is 11.2. The first-order chi connectivity index (χ1) is 7.92. The van der Waals surface area contributed by atoms with Gasteiger partial charge in [-0.1, -0.05) is 6.07 Å². The zero-order valence-electron chi connectivity index (χ0n) is 9.24. The van der Waals surface area contributed by atoms with Crippen LogP contribution in [-0.4, -0.2) is 38.1 Å². The zero-order chi connectivity index (χ0) is 11.2. The average Bonchev–Trinajstić information content (AvgIpc) is 2.77. The third-order valence-electron chi connectivity index (χ3n) is 2.54. The topological polar surface area (TPSA) is 50.7 Å². The third-order valence-corrected chi connectivity index (χ3v) is 2.54. The Labute approximate surface area is 95.2 Å². The molecular formula is C12H17NO3. The summed E-state index contributed by atoms with van der Waals surface area (Å²) in [6.07, 6.45) is 1.02. The maximum Gasteiger partial charge on any atom is 0.124 e. The lowest BCUT2D eigenvalue weighted by atomic mass is 10.1. The molecule has 1 aliphatic heterocycles. The van der Waals surface area contributed by atoms with Crippen molar-refractivity contribution in [1.82, 2.24) is 0 Å². The quantitative estimate of drug-likeness (QED) is 0.708. The molecule has 16 heavy (non-hydrogen) atoms. The number of benzene rings is 1. The Kier molecular flexibility index (Phi) is 4.02. The molecule has 0 unspecified atom stereocenters. The van der Waals surface area contributed by atoms with Gasteiger partial charge in [0.25, 0.3) is 0 Å². The Hall–Kier alpha value is -1.26. The monoisotopic (exact) mass is 223 g/mol. The van der Waals surface area contributed by atoms with Gasteiger partial charge in [0, 0.05) is 17.8 Å². The lowest BCUT2D eigenvalue weighted by molar-refractivity contribution is 0.0703. The molecule has 1 aliphatic rings. The minimum atomic E-state index is 0.0602. The van der Waals surface area contributed by atoms with Crippen LogP contribution in [0, 0.1) is 0 Å². The van der Waals surface area contributed by atoms with Crippen LogP contribution in [0.3, 0.4) is 0 Å². The summed E-state index contributed by atoms with van der Waals surface area (Å²) in [5, 5.41) is 11.8. The summed E-state index contributed by atoms with van der Waals surface area (Å²) in [6, 6.07) is 6.04. The molecule has 88 valence electrons. The molecule has 0 aromatic heterocycles. The molecule has 2 N–H and O–H groups in total. The van der Waals surface area contributed by atoms with Crippen molar-refractivity contribution in [1.29, 1.82) is 0 Å². The maximum absolute atomic E-state index is 8.54. The van der Waals surface area contributed by atoms with Crippen molar-refractivity contribution in [2.75, 3.05) is 38.3 Å². The van der Waals surface area contributed by atoms with E-state index >= 15 is 0 Å². The van der Waals surface area contributed by atoms with E-state index in [1.165, 1.54) is 11.3 Å². The van der Waals surface area contributed by atoms with Crippen molar-refractivity contribution in [3.05, 3.63) is 23.8 Å². The van der Waals surface area contributed by atoms with E-state index in [1.54, 1.807) is 0 Å². The summed E-state index contributed by atoms with van der Waals surface area (Å²) in [7, 11) is 0. The highest BCUT2D eigenvalue weighted by Gasteiger charge is 2.14. The number of rotatable bonds is 6. The SMILES string of the molecule is OCCOCCOc1cccc2c1CCN2. The van der Waals surface area contributed by atoms with Gasteiger partial charge in [0.15, 0.2) is 0 Å². The second-order valence-electron chi connectivity index (χ2n) is 3.64. The Morgan fingerprint density at radius 2 is 2.19 bits per heavy atom. The lowest BCUT2D eigenvalue weighted by Crippen LogP contribution is -2.09. The largest absolute Gasteiger partial charge is 0.491 e. The molecule has 4 heteroatoms. The molecule has 0 bridgehead atoms. The van der Waals surface area contributed by atoms with Crippen LogP contribution < -0.4 is 10.1 Å². The Balaban J connectivity index is 1.83. The van der Waals surface area contributed by atoms with E-state index < -0.39 is 0 Å². The minimum Gasteiger partial charge on any atom is -0.491 e. The molecule has 4 nitrogen and oxygen atoms in total. The second-order valence-corrected chi connectivity index (χ2v) is 3.64. The van der Waals surface area contributed by atoms with Gasteiger partial charge in [-0.15, -0.1) is 0 Å². The highest BCUT2D eigenvalue weighted by molar-refractivity contribution is 5.61. The van der Waals surface area contributed by atoms with Gasteiger partial charge in [-0.2, -0.15) is 0 Å². The van der Waals surface area contributed by atoms with Crippen LogP contribution in [0.5, 0.6) is 5.75 Å². The first-order valence-electron chi connectivity index (χ1n) is 5.59. The van der Waals surface area contributed by atoms with Crippen LogP contribution in [0.25, 0.3) is 0 Å². The standard InChI is InChI=1S/C12H17NO3/c14-6-7-15-8-9-16-12-3-1-2-11-10(12)4-5-13-11/h1-3,13-14H,4-9H2. The third kappa shape index (κ3) is 2.65. The van der Waals surface area contributed by atoms with Crippen LogP contribution in [0.2, 0.25) is 0 Å². The number of aliphatic hydroxyl groups excluding tert-OH is 1. The number of hydrogen-bond donors (Lipinski definition) is 2. The van der Waals surface area contributed by atoms with Gasteiger partial charge in [0.2, 0.25) is 0 Å². The van der Waals surface area contributed by atoms with E-state index in [1.807, 2.05) is 12.1 Å². The molecule has 0 atom stereocenters. The molecule has 2 rings (SSSR count). The summed E-state index contributed by atoms with van der Waals surface area (Å²) >= 11 is 0. The van der Waals surface area contributed by atoms with Crippen LogP contribution in [0.15, 0.2) is 18.2 Å². The summed E-state index contributed by atoms with van der Waals surface area (Å²) in [4.78, 5) is 0. The van der Waals surface area contributed by atoms with Gasteiger partial charge in [0.1, 0.15) is 12.4 Å². The lowest BCUT2D eigenvalue weighted by Gasteiger charge is -2.10. The predicted molar refractivity (Wildman–Crippen MR) is 62.0 cm³/mol. The van der Waals surface area contributed by atoms with E-state index in [0.29, 0.717) is 19.8 Å². The number of anilines is 1. The van der Waals surface area contributed by atoms with Crippen molar-refractivity contribution in [2.24, 2.45) is 0 Å². The zero-order valence-corrected chi connectivity index (χ0v) is 9.24. The number of hydrogen-bond acceptors (Lipinski definition) is 4. The maximum atomic E-state index is 8.54. The average molecular weight is 223 g/mol. The molecule has 1 heterocycles. The summed E-state index contributed by atoms with van der Waals surface area (Å²) in [6.45, 7) is 2.45. The normalized spacial score (nSPS) is 13.3. The van der Waals surface area contributed by atoms with Gasteiger partial charge in [-0.25, -0.2) is 0 Å². The highest BCUT2D eigenvalue weighted by atomic mass is 16.5. The van der Waals surface area contributed by atoms with E-state index in [2.05, 4.69) is 11.4 Å². The molecule has 0 radical (unpaired) electrons. The van der Waals surface area contributed by atoms with E-state index in [9.17, 15) is 0 Å². The molecule has 0 amide bonds. The minimum absolute atomic E-state index is 0.0602. The molecule has 1 aromatic carbocycles. The number of fused-ring (bicyclic) bond motifs is 1. The van der Waals surface area contributed by atoms with E-state index in [0.717, 1.165) is 18.7 Å². The van der Waals surface area contributed by atoms with Gasteiger partial charge in [-0.3, -0.25) is 0 Å². The highest BCUT2D eigenvalue weighted by Crippen LogP contribution is 2.30. The van der Waals surface area contributed by atoms with Crippen LogP contribution in [0.4, 0.5) is 5.69 Å². The van der Waals surface area contributed by atoms with Crippen LogP contribution >= 0.6 is 0 Å². The fourth-order valence-corrected chi connectivity index (χ4v) is 1.82. The van der Waals surface area contributed by atoms with Gasteiger partial charge in [0.05, 0.1) is 19.8 Å². The first-order valence-corrected chi connectivity index (χ1v) is 5.59. The van der Waals surface area contributed by atoms with E-state index in [4.69, 9.17) is 14.6 Å². The van der Waals surface area contributed by atoms with Gasteiger partial charge < -0.3 is 19.9 Å². The molecule has 0 aliphatic carbocycles. The summed E-state index contributed by atoms with van der Waals surface area (Å²) < 4.78 is 10.8. The fourth-order valence-electron chi connectivity index (χ4n) is 1.82. The number of aliphatic hydroxyl groups is 1. The number of ether oxygens (including phenoxy) is 2. The molecule has 0 fully saturated rings. The summed E-state index contributed by atoms with van der Waals surface area (Å²) in [5.74, 6) is 0.940. The Morgan fingerprint density at radius 3 is 3.06 bits per heavy atom. The Morgan fingerprint density at radius 1 is 1.25 bits per heavy atom. The van der Waals surface area contributed by atoms with Crippen LogP contribution in [0.1, 0.15) is 5.56 Å².